The van der Waals surface area contributed by atoms with Crippen LogP contribution in [0.5, 0.6) is 0 Å². The maximum absolute atomic E-state index is 13.8. The highest BCUT2D eigenvalue weighted by molar-refractivity contribution is 8.01. The summed E-state index contributed by atoms with van der Waals surface area (Å²) in [5, 5.41) is 5.28. The number of halogens is 1. The van der Waals surface area contributed by atoms with Gasteiger partial charge in [-0.1, -0.05) is 18.7 Å². The second kappa shape index (κ2) is 6.50. The average Bonchev–Trinajstić information content (AvgIpc) is 2.86. The Hall–Kier alpha value is -0.910. The second-order valence-electron chi connectivity index (χ2n) is 4.32. The fraction of sp³-hybridized carbons (Fsp3) is 0.357. The van der Waals surface area contributed by atoms with Gasteiger partial charge in [-0.2, -0.15) is 0 Å². The molecule has 1 aromatic carbocycles. The number of benzene rings is 1. The van der Waals surface area contributed by atoms with Crippen LogP contribution in [-0.4, -0.2) is 11.5 Å². The van der Waals surface area contributed by atoms with E-state index in [0.29, 0.717) is 5.56 Å². The van der Waals surface area contributed by atoms with Crippen molar-refractivity contribution in [1.29, 1.82) is 0 Å². The molecule has 0 saturated heterocycles. The van der Waals surface area contributed by atoms with E-state index in [-0.39, 0.29) is 11.9 Å². The lowest BCUT2D eigenvalue weighted by Crippen LogP contribution is -2.18. The minimum absolute atomic E-state index is 0.127. The summed E-state index contributed by atoms with van der Waals surface area (Å²) in [4.78, 5) is 5.35. The molecule has 0 amide bonds. The summed E-state index contributed by atoms with van der Waals surface area (Å²) in [5.74, 6) is -0.150. The van der Waals surface area contributed by atoms with Crippen LogP contribution in [0, 0.1) is 12.7 Å². The van der Waals surface area contributed by atoms with E-state index in [1.54, 1.807) is 42.3 Å². The lowest BCUT2D eigenvalue weighted by atomic mass is 10.1. The molecule has 2 nitrogen and oxygen atoms in total. The first kappa shape index (κ1) is 14.5. The number of nitrogens with zero attached hydrogens (tertiary/aromatic N) is 1. The van der Waals surface area contributed by atoms with Crippen LogP contribution in [0.15, 0.2) is 32.9 Å². The van der Waals surface area contributed by atoms with Gasteiger partial charge in [-0.25, -0.2) is 9.37 Å². The molecule has 1 atom stereocenters. The van der Waals surface area contributed by atoms with Crippen molar-refractivity contribution in [2.45, 2.75) is 36.0 Å². The highest BCUT2D eigenvalue weighted by atomic mass is 32.2. The molecule has 0 spiro atoms. The fourth-order valence-electron chi connectivity index (χ4n) is 1.87. The van der Waals surface area contributed by atoms with Crippen molar-refractivity contribution in [2.75, 3.05) is 6.54 Å². The monoisotopic (exact) mass is 296 g/mol. The summed E-state index contributed by atoms with van der Waals surface area (Å²) in [6, 6.07) is 3.67. The summed E-state index contributed by atoms with van der Waals surface area (Å²) in [6.07, 6.45) is 1.79. The predicted molar refractivity (Wildman–Crippen MR) is 79.5 cm³/mol. The molecule has 0 bridgehead atoms. The lowest BCUT2D eigenvalue weighted by Gasteiger charge is -2.17. The number of hydrogen-bond acceptors (Lipinski definition) is 4. The van der Waals surface area contributed by atoms with Gasteiger partial charge in [0.05, 0.1) is 0 Å². The normalized spacial score (nSPS) is 12.6. The predicted octanol–water partition coefficient (Wildman–Crippen LogP) is 4.41. The van der Waals surface area contributed by atoms with Crippen LogP contribution < -0.4 is 5.32 Å². The van der Waals surface area contributed by atoms with Crippen molar-refractivity contribution in [3.05, 3.63) is 40.7 Å². The molecule has 0 fully saturated rings. The molecule has 0 radical (unpaired) electrons. The molecule has 102 valence electrons. The van der Waals surface area contributed by atoms with Gasteiger partial charge in [0, 0.05) is 22.5 Å². The number of aromatic nitrogens is 1. The molecule has 2 rings (SSSR count). The van der Waals surface area contributed by atoms with Crippen LogP contribution in [0.1, 0.15) is 31.0 Å². The first-order valence-electron chi connectivity index (χ1n) is 6.22. The van der Waals surface area contributed by atoms with Crippen molar-refractivity contribution in [3.8, 4) is 0 Å². The SMILES string of the molecule is CCNC(C)c1cc(F)c(C)cc1Sc1nccs1. The van der Waals surface area contributed by atoms with E-state index in [9.17, 15) is 4.39 Å². The van der Waals surface area contributed by atoms with Crippen LogP contribution in [-0.2, 0) is 0 Å². The van der Waals surface area contributed by atoms with E-state index in [1.807, 2.05) is 11.4 Å². The summed E-state index contributed by atoms with van der Waals surface area (Å²) in [7, 11) is 0. The van der Waals surface area contributed by atoms with Crippen LogP contribution >= 0.6 is 23.1 Å². The van der Waals surface area contributed by atoms with Gasteiger partial charge in [0.15, 0.2) is 4.34 Å². The molecule has 0 saturated carbocycles. The third-order valence-corrected chi connectivity index (χ3v) is 4.83. The molecule has 2 aromatic rings. The zero-order valence-corrected chi connectivity index (χ0v) is 12.9. The number of rotatable bonds is 5. The van der Waals surface area contributed by atoms with E-state index < -0.39 is 0 Å². The Labute approximate surface area is 121 Å². The molecule has 1 heterocycles. The van der Waals surface area contributed by atoms with Gasteiger partial charge in [0.25, 0.3) is 0 Å². The Bertz CT molecular complexity index is 541. The zero-order valence-electron chi connectivity index (χ0n) is 11.2. The fourth-order valence-corrected chi connectivity index (χ4v) is 3.75. The minimum Gasteiger partial charge on any atom is -0.310 e. The molecular weight excluding hydrogens is 279 g/mol. The molecule has 1 aromatic heterocycles. The van der Waals surface area contributed by atoms with E-state index in [1.165, 1.54) is 0 Å². The first-order valence-corrected chi connectivity index (χ1v) is 7.92. The van der Waals surface area contributed by atoms with Crippen LogP contribution in [0.3, 0.4) is 0 Å². The Kier molecular flexibility index (Phi) is 4.96. The molecule has 0 aliphatic carbocycles. The van der Waals surface area contributed by atoms with Gasteiger partial charge in [-0.05, 0) is 43.7 Å². The van der Waals surface area contributed by atoms with Crippen molar-refractivity contribution < 1.29 is 4.39 Å². The molecule has 0 aliphatic heterocycles. The number of thiazole rings is 1. The molecule has 0 aliphatic rings. The standard InChI is InChI=1S/C14H17FN2S2/c1-4-16-10(3)11-8-12(15)9(2)7-13(11)19-14-17-5-6-18-14/h5-8,10,16H,4H2,1-3H3. The van der Waals surface area contributed by atoms with Gasteiger partial charge >= 0.3 is 0 Å². The maximum Gasteiger partial charge on any atom is 0.154 e. The molecule has 19 heavy (non-hydrogen) atoms. The van der Waals surface area contributed by atoms with Gasteiger partial charge in [-0.3, -0.25) is 0 Å². The molecule has 5 heteroatoms. The Morgan fingerprint density at radius 1 is 1.47 bits per heavy atom. The van der Waals surface area contributed by atoms with E-state index in [2.05, 4.69) is 24.1 Å². The minimum atomic E-state index is -0.150. The second-order valence-corrected chi connectivity index (χ2v) is 6.50. The largest absolute Gasteiger partial charge is 0.310 e. The van der Waals surface area contributed by atoms with E-state index in [0.717, 1.165) is 21.3 Å². The Balaban J connectivity index is 2.36. The Morgan fingerprint density at radius 2 is 2.26 bits per heavy atom. The van der Waals surface area contributed by atoms with Crippen molar-refractivity contribution in [2.24, 2.45) is 0 Å². The number of aryl methyl sites for hydroxylation is 1. The van der Waals surface area contributed by atoms with Crippen molar-refractivity contribution in [3.63, 3.8) is 0 Å². The third-order valence-electron chi connectivity index (χ3n) is 2.87. The number of hydrogen-bond donors (Lipinski definition) is 1. The highest BCUT2D eigenvalue weighted by Gasteiger charge is 2.14. The van der Waals surface area contributed by atoms with Crippen LogP contribution in [0.2, 0.25) is 0 Å². The van der Waals surface area contributed by atoms with E-state index in [4.69, 9.17) is 0 Å². The summed E-state index contributed by atoms with van der Waals surface area (Å²) in [6.45, 7) is 6.76. The van der Waals surface area contributed by atoms with Crippen LogP contribution in [0.4, 0.5) is 4.39 Å². The average molecular weight is 296 g/mol. The summed E-state index contributed by atoms with van der Waals surface area (Å²) < 4.78 is 14.8. The van der Waals surface area contributed by atoms with Crippen molar-refractivity contribution >= 4 is 23.1 Å². The first-order chi connectivity index (χ1) is 9.11. The smallest absolute Gasteiger partial charge is 0.154 e. The number of nitrogens with one attached hydrogen (secondary N) is 1. The highest BCUT2D eigenvalue weighted by Crippen LogP contribution is 2.35. The van der Waals surface area contributed by atoms with Gasteiger partial charge in [-0.15, -0.1) is 11.3 Å². The van der Waals surface area contributed by atoms with Gasteiger partial charge < -0.3 is 5.32 Å². The zero-order chi connectivity index (χ0) is 13.8. The van der Waals surface area contributed by atoms with Gasteiger partial charge in [0.2, 0.25) is 0 Å². The lowest BCUT2D eigenvalue weighted by molar-refractivity contribution is 0.571. The summed E-state index contributed by atoms with van der Waals surface area (Å²) in [5.41, 5.74) is 1.66. The third kappa shape index (κ3) is 3.55. The Morgan fingerprint density at radius 3 is 2.89 bits per heavy atom. The molecular formula is C14H17FN2S2. The maximum atomic E-state index is 13.8. The van der Waals surface area contributed by atoms with Crippen LogP contribution in [0.25, 0.3) is 0 Å². The quantitative estimate of drug-likeness (QED) is 0.884. The summed E-state index contributed by atoms with van der Waals surface area (Å²) >= 11 is 3.20. The van der Waals surface area contributed by atoms with Crippen molar-refractivity contribution in [1.82, 2.24) is 10.3 Å². The van der Waals surface area contributed by atoms with Gasteiger partial charge in [0.1, 0.15) is 5.82 Å². The topological polar surface area (TPSA) is 24.9 Å². The van der Waals surface area contributed by atoms with E-state index >= 15 is 0 Å². The molecule has 1 unspecified atom stereocenters. The molecule has 1 N–H and O–H groups in total.